The van der Waals surface area contributed by atoms with Gasteiger partial charge in [0.1, 0.15) is 0 Å². The molecule has 1 aliphatic heterocycles. The number of morpholine rings is 1. The molecule has 0 bridgehead atoms. The van der Waals surface area contributed by atoms with E-state index in [0.29, 0.717) is 19.8 Å². The second-order valence-corrected chi connectivity index (χ2v) is 3.63. The van der Waals surface area contributed by atoms with Crippen LogP contribution < -0.4 is 51.4 Å². The van der Waals surface area contributed by atoms with Crippen LogP contribution >= 0.6 is 0 Å². The third-order valence-electron chi connectivity index (χ3n) is 2.37. The molecule has 1 rings (SSSR count). The second-order valence-electron chi connectivity index (χ2n) is 3.63. The molecule has 0 radical (unpaired) electrons. The van der Waals surface area contributed by atoms with Gasteiger partial charge in [-0.3, -0.25) is 4.90 Å². The summed E-state index contributed by atoms with van der Waals surface area (Å²) in [4.78, 5) is 1.75. The first kappa shape index (κ1) is 16.2. The third kappa shape index (κ3) is 5.34. The maximum atomic E-state index is 12.2. The molecule has 0 N–H and O–H groups in total. The van der Waals surface area contributed by atoms with Crippen LogP contribution in [0.4, 0.5) is 12.9 Å². The molecule has 7 heteroatoms. The smallest absolute Gasteiger partial charge is 0.445 e. The molecule has 0 aromatic heterocycles. The number of ether oxygens (including phenoxy) is 1. The van der Waals surface area contributed by atoms with E-state index in [-0.39, 0.29) is 64.0 Å². The second kappa shape index (κ2) is 6.78. The molecule has 1 heterocycles. The fraction of sp³-hybridized carbons (Fsp3) is 0.750. The summed E-state index contributed by atoms with van der Waals surface area (Å²) in [6.45, 7) is 1.49. The minimum atomic E-state index is -4.90. The Labute approximate surface area is 131 Å². The van der Waals surface area contributed by atoms with Crippen molar-refractivity contribution in [1.29, 1.82) is 0 Å². The molecular formula is C8H14BF3KNO. The van der Waals surface area contributed by atoms with Gasteiger partial charge in [-0.05, 0) is 13.5 Å². The van der Waals surface area contributed by atoms with Gasteiger partial charge in [0.05, 0.1) is 13.2 Å². The SMILES string of the molecule is C=C(CN1CCOCC1C)[B-](F)(F)F.[K+]. The first-order chi connectivity index (χ1) is 6.41. The van der Waals surface area contributed by atoms with Crippen LogP contribution in [-0.2, 0) is 4.74 Å². The van der Waals surface area contributed by atoms with E-state index >= 15 is 0 Å². The Morgan fingerprint density at radius 3 is 2.60 bits per heavy atom. The summed E-state index contributed by atoms with van der Waals surface area (Å²) in [5.41, 5.74) is -0.626. The van der Waals surface area contributed by atoms with Crippen LogP contribution in [0.25, 0.3) is 0 Å². The van der Waals surface area contributed by atoms with Gasteiger partial charge in [-0.25, -0.2) is 0 Å². The first-order valence-electron chi connectivity index (χ1n) is 4.60. The summed E-state index contributed by atoms with van der Waals surface area (Å²) >= 11 is 0. The van der Waals surface area contributed by atoms with Crippen LogP contribution in [0.3, 0.4) is 0 Å². The van der Waals surface area contributed by atoms with E-state index in [1.807, 2.05) is 6.92 Å². The van der Waals surface area contributed by atoms with Crippen molar-refractivity contribution >= 4 is 6.98 Å². The zero-order chi connectivity index (χ0) is 10.8. The Hall–Kier alpha value is 1.15. The van der Waals surface area contributed by atoms with E-state index in [1.54, 1.807) is 4.90 Å². The molecule has 1 aliphatic rings. The van der Waals surface area contributed by atoms with Gasteiger partial charge in [-0.2, -0.15) is 0 Å². The van der Waals surface area contributed by atoms with E-state index in [2.05, 4.69) is 6.58 Å². The summed E-state index contributed by atoms with van der Waals surface area (Å²) < 4.78 is 41.8. The molecule has 1 atom stereocenters. The van der Waals surface area contributed by atoms with E-state index in [4.69, 9.17) is 4.74 Å². The maximum absolute atomic E-state index is 12.2. The molecule has 0 aromatic carbocycles. The van der Waals surface area contributed by atoms with Gasteiger partial charge in [-0.1, -0.05) is 0 Å². The van der Waals surface area contributed by atoms with Crippen molar-refractivity contribution in [2.24, 2.45) is 0 Å². The van der Waals surface area contributed by atoms with Crippen LogP contribution in [0.1, 0.15) is 6.92 Å². The standard InChI is InChI=1S/C8H14BF3NO.K/c1-7(9(10,11)12)5-13-3-4-14-6-8(13)2;/h8H,1,3-6H2,2H3;/q-1;+1. The Bertz CT molecular complexity index is 224. The van der Waals surface area contributed by atoms with Crippen molar-refractivity contribution < 1.29 is 69.1 Å². The van der Waals surface area contributed by atoms with Crippen molar-refractivity contribution in [3.63, 3.8) is 0 Å². The quantitative estimate of drug-likeness (QED) is 0.572. The molecule has 15 heavy (non-hydrogen) atoms. The van der Waals surface area contributed by atoms with Crippen LogP contribution in [0, 0.1) is 0 Å². The normalized spacial score (nSPS) is 23.3. The Morgan fingerprint density at radius 1 is 1.53 bits per heavy atom. The summed E-state index contributed by atoms with van der Waals surface area (Å²) in [7, 11) is 0. The number of rotatable bonds is 3. The number of hydrogen-bond acceptors (Lipinski definition) is 2. The van der Waals surface area contributed by atoms with Crippen LogP contribution in [0.2, 0.25) is 0 Å². The maximum Gasteiger partial charge on any atom is 1.00 e. The Morgan fingerprint density at radius 2 is 2.13 bits per heavy atom. The van der Waals surface area contributed by atoms with Crippen molar-refractivity contribution in [2.45, 2.75) is 13.0 Å². The van der Waals surface area contributed by atoms with Gasteiger partial charge < -0.3 is 17.7 Å². The molecule has 0 spiro atoms. The van der Waals surface area contributed by atoms with Crippen molar-refractivity contribution in [3.05, 3.63) is 12.1 Å². The summed E-state index contributed by atoms with van der Waals surface area (Å²) in [6, 6.07) is 0.0404. The molecule has 0 aliphatic carbocycles. The predicted octanol–water partition coefficient (Wildman–Crippen LogP) is -1.35. The fourth-order valence-electron chi connectivity index (χ4n) is 1.36. The van der Waals surface area contributed by atoms with Crippen LogP contribution in [-0.4, -0.2) is 44.2 Å². The largest absolute Gasteiger partial charge is 1.00 e. The van der Waals surface area contributed by atoms with E-state index in [9.17, 15) is 12.9 Å². The summed E-state index contributed by atoms with van der Waals surface area (Å²) in [5.74, 6) is 0. The zero-order valence-electron chi connectivity index (χ0n) is 9.18. The van der Waals surface area contributed by atoms with Crippen molar-refractivity contribution in [3.8, 4) is 0 Å². The van der Waals surface area contributed by atoms with Gasteiger partial charge in [0.15, 0.2) is 0 Å². The van der Waals surface area contributed by atoms with Gasteiger partial charge in [-0.15, -0.1) is 12.1 Å². The van der Waals surface area contributed by atoms with E-state index in [0.717, 1.165) is 0 Å². The monoisotopic (exact) mass is 247 g/mol. The number of halogens is 3. The van der Waals surface area contributed by atoms with Crippen molar-refractivity contribution in [1.82, 2.24) is 4.90 Å². The Balaban J connectivity index is 0.00000196. The van der Waals surface area contributed by atoms with Crippen LogP contribution in [0.15, 0.2) is 12.1 Å². The molecule has 0 amide bonds. The van der Waals surface area contributed by atoms with Gasteiger partial charge >= 0.3 is 58.4 Å². The number of hydrogen-bond donors (Lipinski definition) is 0. The Kier molecular flexibility index (Phi) is 7.30. The number of nitrogens with zero attached hydrogens (tertiary/aromatic N) is 1. The predicted molar refractivity (Wildman–Crippen MR) is 50.1 cm³/mol. The average Bonchev–Trinajstić information content (AvgIpc) is 2.07. The molecule has 1 fully saturated rings. The van der Waals surface area contributed by atoms with E-state index in [1.165, 1.54) is 0 Å². The molecular weight excluding hydrogens is 233 g/mol. The van der Waals surface area contributed by atoms with Crippen molar-refractivity contribution in [2.75, 3.05) is 26.3 Å². The molecule has 2 nitrogen and oxygen atoms in total. The molecule has 82 valence electrons. The summed E-state index contributed by atoms with van der Waals surface area (Å²) in [5, 5.41) is 0. The fourth-order valence-corrected chi connectivity index (χ4v) is 1.36. The van der Waals surface area contributed by atoms with Gasteiger partial charge in [0.25, 0.3) is 0 Å². The topological polar surface area (TPSA) is 12.5 Å². The average molecular weight is 247 g/mol. The molecule has 1 unspecified atom stereocenters. The van der Waals surface area contributed by atoms with E-state index < -0.39 is 12.4 Å². The third-order valence-corrected chi connectivity index (χ3v) is 2.37. The van der Waals surface area contributed by atoms with Crippen LogP contribution in [0.5, 0.6) is 0 Å². The van der Waals surface area contributed by atoms with Gasteiger partial charge in [0.2, 0.25) is 0 Å². The van der Waals surface area contributed by atoms with Gasteiger partial charge in [0, 0.05) is 12.6 Å². The molecule has 0 aromatic rings. The minimum Gasteiger partial charge on any atom is -0.445 e. The molecule has 1 saturated heterocycles. The first-order valence-corrected chi connectivity index (χ1v) is 4.60. The zero-order valence-corrected chi connectivity index (χ0v) is 12.3. The minimum absolute atomic E-state index is 0. The summed E-state index contributed by atoms with van der Waals surface area (Å²) in [6.07, 6.45) is 0. The molecule has 0 saturated carbocycles.